The first-order valence-corrected chi connectivity index (χ1v) is 4.28. The molecule has 80 valence electrons. The lowest BCUT2D eigenvalue weighted by molar-refractivity contribution is 0.126. The maximum Gasteiger partial charge on any atom is 0.283 e. The Labute approximate surface area is 81.7 Å². The second-order valence-electron chi connectivity index (χ2n) is 3.98. The van der Waals surface area contributed by atoms with Crippen LogP contribution < -0.4 is 4.74 Å². The molecule has 5 heteroatoms. The summed E-state index contributed by atoms with van der Waals surface area (Å²) in [6.45, 7) is 5.43. The van der Waals surface area contributed by atoms with E-state index in [1.165, 1.54) is 18.0 Å². The van der Waals surface area contributed by atoms with E-state index in [4.69, 9.17) is 4.74 Å². The first-order valence-electron chi connectivity index (χ1n) is 4.28. The molecular weight excluding hydrogens is 190 g/mol. The number of rotatable bonds is 2. The van der Waals surface area contributed by atoms with Crippen molar-refractivity contribution in [2.24, 2.45) is 0 Å². The van der Waals surface area contributed by atoms with E-state index in [2.05, 4.69) is 5.10 Å². The number of nitrogens with zero attached hydrogens (tertiary/aromatic N) is 2. The average Bonchev–Trinajstić information content (AvgIpc) is 2.45. The van der Waals surface area contributed by atoms with E-state index in [9.17, 15) is 8.78 Å². The van der Waals surface area contributed by atoms with Crippen molar-refractivity contribution in [1.82, 2.24) is 9.78 Å². The molecule has 1 aromatic heterocycles. The molecular formula is C9H14F2N2O. The van der Waals surface area contributed by atoms with Crippen LogP contribution >= 0.6 is 0 Å². The van der Waals surface area contributed by atoms with Crippen LogP contribution in [0, 0.1) is 0 Å². The van der Waals surface area contributed by atoms with Gasteiger partial charge in [-0.15, -0.1) is 0 Å². The Hall–Kier alpha value is -1.13. The Morgan fingerprint density at radius 1 is 1.43 bits per heavy atom. The zero-order valence-corrected chi connectivity index (χ0v) is 8.71. The minimum absolute atomic E-state index is 0.134. The molecule has 0 aliphatic heterocycles. The molecule has 0 unspecified atom stereocenters. The molecule has 3 nitrogen and oxygen atoms in total. The fraction of sp³-hybridized carbons (Fsp3) is 0.667. The largest absolute Gasteiger partial charge is 0.493 e. The fourth-order valence-corrected chi connectivity index (χ4v) is 1.23. The van der Waals surface area contributed by atoms with Crippen LogP contribution in [0.2, 0.25) is 0 Å². The van der Waals surface area contributed by atoms with Crippen molar-refractivity contribution < 1.29 is 13.5 Å². The predicted octanol–water partition coefficient (Wildman–Crippen LogP) is 2.58. The molecule has 0 spiro atoms. The number of halogens is 2. The molecule has 0 atom stereocenters. The monoisotopic (exact) mass is 204 g/mol. The van der Waals surface area contributed by atoms with E-state index in [1.807, 2.05) is 20.8 Å². The summed E-state index contributed by atoms with van der Waals surface area (Å²) in [5.41, 5.74) is -0.636. The van der Waals surface area contributed by atoms with Crippen molar-refractivity contribution in [1.29, 1.82) is 0 Å². The van der Waals surface area contributed by atoms with Gasteiger partial charge in [-0.3, -0.25) is 4.68 Å². The zero-order chi connectivity index (χ0) is 10.9. The highest BCUT2D eigenvalue weighted by atomic mass is 19.3. The van der Waals surface area contributed by atoms with E-state index < -0.39 is 12.0 Å². The van der Waals surface area contributed by atoms with E-state index in [0.717, 1.165) is 0 Å². The predicted molar refractivity (Wildman–Crippen MR) is 48.7 cm³/mol. The van der Waals surface area contributed by atoms with Gasteiger partial charge >= 0.3 is 0 Å². The number of alkyl halides is 2. The van der Waals surface area contributed by atoms with Gasteiger partial charge in [0.25, 0.3) is 6.43 Å². The van der Waals surface area contributed by atoms with Crippen LogP contribution in [0.1, 0.15) is 32.9 Å². The van der Waals surface area contributed by atoms with Gasteiger partial charge in [0.2, 0.25) is 0 Å². The lowest BCUT2D eigenvalue weighted by atomic mass is 10.1. The highest BCUT2D eigenvalue weighted by Gasteiger charge is 2.27. The van der Waals surface area contributed by atoms with Crippen molar-refractivity contribution in [3.63, 3.8) is 0 Å². The van der Waals surface area contributed by atoms with Crippen molar-refractivity contribution in [2.75, 3.05) is 7.11 Å². The van der Waals surface area contributed by atoms with E-state index >= 15 is 0 Å². The quantitative estimate of drug-likeness (QED) is 0.740. The van der Waals surface area contributed by atoms with Gasteiger partial charge in [-0.1, -0.05) is 0 Å². The van der Waals surface area contributed by atoms with Crippen LogP contribution in [0.4, 0.5) is 8.78 Å². The Bertz CT molecular complexity index is 315. The molecule has 0 aromatic carbocycles. The van der Waals surface area contributed by atoms with Crippen LogP contribution in [0.3, 0.4) is 0 Å². The van der Waals surface area contributed by atoms with Crippen LogP contribution in [-0.2, 0) is 5.54 Å². The second kappa shape index (κ2) is 3.55. The highest BCUT2D eigenvalue weighted by Crippen LogP contribution is 2.32. The van der Waals surface area contributed by atoms with E-state index in [0.29, 0.717) is 0 Å². The SMILES string of the molecule is COc1cnn(C(C)(C)C)c1C(F)F. The molecule has 0 amide bonds. The Balaban J connectivity index is 3.25. The Kier molecular flexibility index (Phi) is 2.78. The standard InChI is InChI=1S/C9H14F2N2O/c1-9(2,3)13-7(8(10)11)6(14-4)5-12-13/h5,8H,1-4H3. The summed E-state index contributed by atoms with van der Waals surface area (Å²) in [4.78, 5) is 0. The number of hydrogen-bond acceptors (Lipinski definition) is 2. The molecule has 1 heterocycles. The van der Waals surface area contributed by atoms with Crippen LogP contribution in [0.25, 0.3) is 0 Å². The maximum absolute atomic E-state index is 12.7. The molecule has 14 heavy (non-hydrogen) atoms. The topological polar surface area (TPSA) is 27.1 Å². The van der Waals surface area contributed by atoms with Gasteiger partial charge in [0.1, 0.15) is 5.69 Å². The average molecular weight is 204 g/mol. The molecule has 0 radical (unpaired) electrons. The third-order valence-corrected chi connectivity index (χ3v) is 1.83. The number of methoxy groups -OCH3 is 1. The van der Waals surface area contributed by atoms with Gasteiger partial charge in [0.05, 0.1) is 18.8 Å². The molecule has 0 fully saturated rings. The van der Waals surface area contributed by atoms with Crippen molar-refractivity contribution in [3.8, 4) is 5.75 Å². The van der Waals surface area contributed by atoms with Crippen LogP contribution in [-0.4, -0.2) is 16.9 Å². The summed E-state index contributed by atoms with van der Waals surface area (Å²) in [5, 5.41) is 3.89. The molecule has 0 saturated carbocycles. The van der Waals surface area contributed by atoms with E-state index in [1.54, 1.807) is 0 Å². The summed E-state index contributed by atoms with van der Waals surface area (Å²) < 4.78 is 31.5. The molecule has 0 N–H and O–H groups in total. The molecule has 0 bridgehead atoms. The van der Waals surface area contributed by atoms with Gasteiger partial charge in [0.15, 0.2) is 5.75 Å². The molecule has 1 rings (SSSR count). The smallest absolute Gasteiger partial charge is 0.283 e. The normalized spacial score (nSPS) is 12.2. The Morgan fingerprint density at radius 3 is 2.36 bits per heavy atom. The summed E-state index contributed by atoms with van der Waals surface area (Å²) in [6.07, 6.45) is -1.26. The minimum Gasteiger partial charge on any atom is -0.493 e. The third-order valence-electron chi connectivity index (χ3n) is 1.83. The summed E-state index contributed by atoms with van der Waals surface area (Å²) >= 11 is 0. The van der Waals surface area contributed by atoms with E-state index in [-0.39, 0.29) is 11.4 Å². The first-order chi connectivity index (χ1) is 6.38. The first kappa shape index (κ1) is 10.9. The van der Waals surface area contributed by atoms with Gasteiger partial charge in [-0.05, 0) is 20.8 Å². The number of ether oxygens (including phenoxy) is 1. The lowest BCUT2D eigenvalue weighted by Gasteiger charge is -2.22. The van der Waals surface area contributed by atoms with Gasteiger partial charge < -0.3 is 4.74 Å². The fourth-order valence-electron chi connectivity index (χ4n) is 1.23. The summed E-state index contributed by atoms with van der Waals surface area (Å²) in [5.74, 6) is 0.134. The molecule has 0 aliphatic carbocycles. The van der Waals surface area contributed by atoms with Gasteiger partial charge in [0, 0.05) is 0 Å². The van der Waals surface area contributed by atoms with Crippen molar-refractivity contribution in [3.05, 3.63) is 11.9 Å². The van der Waals surface area contributed by atoms with Gasteiger partial charge in [-0.25, -0.2) is 8.78 Å². The lowest BCUT2D eigenvalue weighted by Crippen LogP contribution is -2.25. The Morgan fingerprint density at radius 2 is 2.00 bits per heavy atom. The summed E-state index contributed by atoms with van der Waals surface area (Å²) in [6, 6.07) is 0. The highest BCUT2D eigenvalue weighted by molar-refractivity contribution is 5.27. The molecule has 0 saturated heterocycles. The van der Waals surface area contributed by atoms with Crippen molar-refractivity contribution in [2.45, 2.75) is 32.7 Å². The molecule has 0 aliphatic rings. The summed E-state index contributed by atoms with van der Waals surface area (Å²) in [7, 11) is 1.36. The van der Waals surface area contributed by atoms with Crippen LogP contribution in [0.15, 0.2) is 6.20 Å². The second-order valence-corrected chi connectivity index (χ2v) is 3.98. The van der Waals surface area contributed by atoms with Crippen LogP contribution in [0.5, 0.6) is 5.75 Å². The molecule has 1 aromatic rings. The third kappa shape index (κ3) is 1.86. The minimum atomic E-state index is -2.58. The maximum atomic E-state index is 12.7. The van der Waals surface area contributed by atoms with Gasteiger partial charge in [-0.2, -0.15) is 5.10 Å². The number of hydrogen-bond donors (Lipinski definition) is 0. The van der Waals surface area contributed by atoms with Crippen molar-refractivity contribution >= 4 is 0 Å². The number of aromatic nitrogens is 2. The zero-order valence-electron chi connectivity index (χ0n) is 8.71.